The van der Waals surface area contributed by atoms with Crippen LogP contribution in [0.2, 0.25) is 0 Å². The van der Waals surface area contributed by atoms with Gasteiger partial charge in [0.25, 0.3) is 0 Å². The summed E-state index contributed by atoms with van der Waals surface area (Å²) in [7, 11) is 2.02. The molecule has 0 heterocycles. The van der Waals surface area contributed by atoms with Gasteiger partial charge in [0, 0.05) is 18.0 Å². The smallest absolute Gasteiger partial charge is 0.0679 e. The monoisotopic (exact) mass is 254 g/mol. The van der Waals surface area contributed by atoms with E-state index < -0.39 is 0 Å². The molecule has 0 aliphatic heterocycles. The normalized spacial score (nSPS) is 13.0. The number of aliphatic hydroxyl groups is 1. The maximum absolute atomic E-state index is 9.65. The highest BCUT2D eigenvalue weighted by Crippen LogP contribution is 2.15. The number of thioether (sulfide) groups is 1. The fraction of sp³-hybridized carbons (Fsp3) is 0.538. The second kappa shape index (κ2) is 7.71. The van der Waals surface area contributed by atoms with Crippen molar-refractivity contribution in [1.82, 2.24) is 4.90 Å². The van der Waals surface area contributed by atoms with Gasteiger partial charge in [-0.25, -0.2) is 0 Å². The van der Waals surface area contributed by atoms with E-state index in [9.17, 15) is 5.11 Å². The van der Waals surface area contributed by atoms with Gasteiger partial charge in [0.05, 0.1) is 6.10 Å². The average Bonchev–Trinajstić information content (AvgIpc) is 2.30. The highest BCUT2D eigenvalue weighted by molar-refractivity contribution is 7.98. The lowest BCUT2D eigenvalue weighted by Gasteiger charge is -2.20. The summed E-state index contributed by atoms with van der Waals surface area (Å²) in [5, 5.41) is 9.65. The van der Waals surface area contributed by atoms with E-state index in [0.29, 0.717) is 19.5 Å². The van der Waals surface area contributed by atoms with E-state index in [4.69, 9.17) is 5.73 Å². The van der Waals surface area contributed by atoms with Crippen LogP contribution in [-0.4, -0.2) is 42.5 Å². The third-order valence-electron chi connectivity index (χ3n) is 2.63. The first-order chi connectivity index (χ1) is 8.15. The Morgan fingerprint density at radius 2 is 2.00 bits per heavy atom. The van der Waals surface area contributed by atoms with Crippen molar-refractivity contribution in [3.05, 3.63) is 29.8 Å². The molecule has 0 spiro atoms. The van der Waals surface area contributed by atoms with Crippen LogP contribution in [0.15, 0.2) is 29.2 Å². The molecule has 1 aromatic carbocycles. The Morgan fingerprint density at radius 1 is 1.35 bits per heavy atom. The minimum Gasteiger partial charge on any atom is -0.392 e. The zero-order valence-electron chi connectivity index (χ0n) is 10.6. The zero-order chi connectivity index (χ0) is 12.7. The van der Waals surface area contributed by atoms with Gasteiger partial charge in [0.1, 0.15) is 0 Å². The van der Waals surface area contributed by atoms with E-state index in [1.165, 1.54) is 10.5 Å². The second-order valence-corrected chi connectivity index (χ2v) is 5.16. The van der Waals surface area contributed by atoms with Crippen molar-refractivity contribution in [3.63, 3.8) is 0 Å². The summed E-state index contributed by atoms with van der Waals surface area (Å²) >= 11 is 1.75. The average molecular weight is 254 g/mol. The van der Waals surface area contributed by atoms with Gasteiger partial charge in [0.2, 0.25) is 0 Å². The Balaban J connectivity index is 2.41. The molecule has 17 heavy (non-hydrogen) atoms. The maximum Gasteiger partial charge on any atom is 0.0679 e. The number of nitrogens with zero attached hydrogens (tertiary/aromatic N) is 1. The first kappa shape index (κ1) is 14.5. The molecule has 0 amide bonds. The molecule has 4 heteroatoms. The molecule has 1 rings (SSSR count). The van der Waals surface area contributed by atoms with E-state index in [-0.39, 0.29) is 6.10 Å². The lowest BCUT2D eigenvalue weighted by Crippen LogP contribution is -2.30. The topological polar surface area (TPSA) is 49.5 Å². The molecule has 0 saturated carbocycles. The fourth-order valence-electron chi connectivity index (χ4n) is 1.75. The van der Waals surface area contributed by atoms with Gasteiger partial charge in [-0.15, -0.1) is 11.8 Å². The van der Waals surface area contributed by atoms with E-state index >= 15 is 0 Å². The van der Waals surface area contributed by atoms with E-state index in [0.717, 1.165) is 6.54 Å². The standard InChI is InChI=1S/C13H22N2OS/c1-15(10-12(16)7-8-14)9-11-3-5-13(17-2)6-4-11/h3-6,12,16H,7-10,14H2,1-2H3. The van der Waals surface area contributed by atoms with Gasteiger partial charge < -0.3 is 10.8 Å². The predicted octanol–water partition coefficient (Wildman–Crippen LogP) is 1.55. The number of benzene rings is 1. The quantitative estimate of drug-likeness (QED) is 0.725. The van der Waals surface area contributed by atoms with Crippen LogP contribution in [0.25, 0.3) is 0 Å². The van der Waals surface area contributed by atoms with Gasteiger partial charge in [-0.05, 0) is 44.0 Å². The minimum atomic E-state index is -0.324. The van der Waals surface area contributed by atoms with Crippen LogP contribution < -0.4 is 5.73 Å². The summed E-state index contributed by atoms with van der Waals surface area (Å²) in [5.41, 5.74) is 6.68. The van der Waals surface area contributed by atoms with Crippen molar-refractivity contribution in [2.24, 2.45) is 5.73 Å². The lowest BCUT2D eigenvalue weighted by atomic mass is 10.2. The van der Waals surface area contributed by atoms with Crippen LogP contribution in [0.5, 0.6) is 0 Å². The van der Waals surface area contributed by atoms with Gasteiger partial charge in [0.15, 0.2) is 0 Å². The molecule has 3 N–H and O–H groups in total. The highest BCUT2D eigenvalue weighted by atomic mass is 32.2. The van der Waals surface area contributed by atoms with Gasteiger partial charge in [-0.1, -0.05) is 12.1 Å². The molecule has 0 bridgehead atoms. The largest absolute Gasteiger partial charge is 0.392 e. The van der Waals surface area contributed by atoms with Gasteiger partial charge in [-0.2, -0.15) is 0 Å². The third-order valence-corrected chi connectivity index (χ3v) is 3.38. The zero-order valence-corrected chi connectivity index (χ0v) is 11.4. The van der Waals surface area contributed by atoms with Crippen molar-refractivity contribution in [2.75, 3.05) is 26.4 Å². The Bertz CT molecular complexity index is 316. The Kier molecular flexibility index (Phi) is 6.58. The summed E-state index contributed by atoms with van der Waals surface area (Å²) in [6, 6.07) is 8.53. The number of likely N-dealkylation sites (N-methyl/N-ethyl adjacent to an activating group) is 1. The Morgan fingerprint density at radius 3 is 2.53 bits per heavy atom. The van der Waals surface area contributed by atoms with Crippen LogP contribution >= 0.6 is 11.8 Å². The van der Waals surface area contributed by atoms with Gasteiger partial charge >= 0.3 is 0 Å². The van der Waals surface area contributed by atoms with Crippen LogP contribution in [0, 0.1) is 0 Å². The predicted molar refractivity (Wildman–Crippen MR) is 74.2 cm³/mol. The summed E-state index contributed by atoms with van der Waals surface area (Å²) in [6.45, 7) is 2.06. The summed E-state index contributed by atoms with van der Waals surface area (Å²) < 4.78 is 0. The van der Waals surface area contributed by atoms with Crippen molar-refractivity contribution in [2.45, 2.75) is 24.0 Å². The molecule has 1 aromatic rings. The molecule has 0 radical (unpaired) electrons. The van der Waals surface area contributed by atoms with Crippen LogP contribution in [0.4, 0.5) is 0 Å². The van der Waals surface area contributed by atoms with E-state index in [1.54, 1.807) is 11.8 Å². The summed E-state index contributed by atoms with van der Waals surface area (Å²) in [4.78, 5) is 3.40. The van der Waals surface area contributed by atoms with Crippen LogP contribution in [-0.2, 0) is 6.54 Å². The Labute approximate surface area is 108 Å². The molecular weight excluding hydrogens is 232 g/mol. The van der Waals surface area contributed by atoms with E-state index in [1.807, 2.05) is 7.05 Å². The number of hydrogen-bond donors (Lipinski definition) is 2. The molecule has 1 unspecified atom stereocenters. The lowest BCUT2D eigenvalue weighted by molar-refractivity contribution is 0.117. The number of nitrogens with two attached hydrogens (primary N) is 1. The highest BCUT2D eigenvalue weighted by Gasteiger charge is 2.07. The number of aliphatic hydroxyl groups excluding tert-OH is 1. The van der Waals surface area contributed by atoms with Crippen molar-refractivity contribution >= 4 is 11.8 Å². The summed E-state index contributed by atoms with van der Waals surface area (Å²) in [6.07, 6.45) is 2.41. The van der Waals surface area contributed by atoms with E-state index in [2.05, 4.69) is 35.4 Å². The first-order valence-electron chi connectivity index (χ1n) is 5.85. The third kappa shape index (κ3) is 5.55. The molecule has 3 nitrogen and oxygen atoms in total. The van der Waals surface area contributed by atoms with Crippen LogP contribution in [0.1, 0.15) is 12.0 Å². The molecule has 0 aromatic heterocycles. The SMILES string of the molecule is CSc1ccc(CN(C)CC(O)CCN)cc1. The van der Waals surface area contributed by atoms with Crippen molar-refractivity contribution in [3.8, 4) is 0 Å². The molecule has 0 fully saturated rings. The van der Waals surface area contributed by atoms with Crippen molar-refractivity contribution in [1.29, 1.82) is 0 Å². The Hall–Kier alpha value is -0.550. The van der Waals surface area contributed by atoms with Crippen molar-refractivity contribution < 1.29 is 5.11 Å². The molecule has 0 saturated heterocycles. The molecule has 96 valence electrons. The number of hydrogen-bond acceptors (Lipinski definition) is 4. The number of rotatable bonds is 7. The van der Waals surface area contributed by atoms with Crippen LogP contribution in [0.3, 0.4) is 0 Å². The maximum atomic E-state index is 9.65. The molecule has 0 aliphatic carbocycles. The van der Waals surface area contributed by atoms with Gasteiger partial charge in [-0.3, -0.25) is 4.90 Å². The minimum absolute atomic E-state index is 0.324. The fourth-order valence-corrected chi connectivity index (χ4v) is 2.16. The second-order valence-electron chi connectivity index (χ2n) is 4.28. The molecular formula is C13H22N2OS. The first-order valence-corrected chi connectivity index (χ1v) is 7.07. The molecule has 1 atom stereocenters. The molecule has 0 aliphatic rings. The summed E-state index contributed by atoms with van der Waals surface area (Å²) in [5.74, 6) is 0.